The molecule has 0 fully saturated rings. The molecule has 1 N–H and O–H groups in total. The zero-order valence-corrected chi connectivity index (χ0v) is 14.0. The quantitative estimate of drug-likeness (QED) is 0.850. The molecule has 0 saturated heterocycles. The van der Waals surface area contributed by atoms with Crippen molar-refractivity contribution in [3.05, 3.63) is 41.7 Å². The van der Waals surface area contributed by atoms with Gasteiger partial charge in [0.05, 0.1) is 31.1 Å². The van der Waals surface area contributed by atoms with Crippen molar-refractivity contribution in [2.45, 2.75) is 26.4 Å². The molecule has 2 rings (SSSR count). The second kappa shape index (κ2) is 7.67. The molecular formula is C17H23N3O3. The highest BCUT2D eigenvalue weighted by Gasteiger charge is 2.15. The van der Waals surface area contributed by atoms with E-state index in [1.54, 1.807) is 18.0 Å². The summed E-state index contributed by atoms with van der Waals surface area (Å²) in [7, 11) is 3.46. The monoisotopic (exact) mass is 317 g/mol. The molecule has 1 atom stereocenters. The average Bonchev–Trinajstić information content (AvgIpc) is 2.94. The predicted octanol–water partition coefficient (Wildman–Crippen LogP) is 2.19. The van der Waals surface area contributed by atoms with Gasteiger partial charge in [-0.2, -0.15) is 5.10 Å². The molecule has 0 aliphatic rings. The lowest BCUT2D eigenvalue weighted by molar-refractivity contribution is 0.0931. The average molecular weight is 317 g/mol. The van der Waals surface area contributed by atoms with Crippen molar-refractivity contribution < 1.29 is 14.3 Å². The fourth-order valence-electron chi connectivity index (χ4n) is 2.33. The van der Waals surface area contributed by atoms with Gasteiger partial charge < -0.3 is 14.8 Å². The van der Waals surface area contributed by atoms with Crippen LogP contribution in [0.3, 0.4) is 0 Å². The summed E-state index contributed by atoms with van der Waals surface area (Å²) in [6.45, 7) is 4.33. The normalized spacial score (nSPS) is 11.8. The molecule has 1 aromatic carbocycles. The van der Waals surface area contributed by atoms with Crippen LogP contribution in [0.25, 0.3) is 0 Å². The van der Waals surface area contributed by atoms with Crippen molar-refractivity contribution in [1.82, 2.24) is 15.1 Å². The van der Waals surface area contributed by atoms with Crippen molar-refractivity contribution in [1.29, 1.82) is 0 Å². The Bertz CT molecular complexity index is 650. The van der Waals surface area contributed by atoms with Crippen LogP contribution in [0.4, 0.5) is 0 Å². The van der Waals surface area contributed by atoms with Crippen LogP contribution in [0.15, 0.2) is 30.5 Å². The molecule has 124 valence electrons. The highest BCUT2D eigenvalue weighted by atomic mass is 16.5. The number of nitrogens with one attached hydrogen (secondary N) is 1. The number of hydrogen-bond acceptors (Lipinski definition) is 4. The molecule has 1 aromatic heterocycles. The molecule has 23 heavy (non-hydrogen) atoms. The van der Waals surface area contributed by atoms with Gasteiger partial charge in [-0.15, -0.1) is 0 Å². The molecule has 6 heteroatoms. The molecule has 0 unspecified atom stereocenters. The number of carbonyl (C=O) groups is 1. The molecule has 1 heterocycles. The summed E-state index contributed by atoms with van der Waals surface area (Å²) < 4.78 is 12.6. The minimum atomic E-state index is -0.144. The first-order valence-corrected chi connectivity index (χ1v) is 7.65. The zero-order valence-electron chi connectivity index (χ0n) is 14.0. The lowest BCUT2D eigenvalue weighted by atomic mass is 10.2. The van der Waals surface area contributed by atoms with Crippen LogP contribution in [-0.4, -0.2) is 35.4 Å². The highest BCUT2D eigenvalue weighted by Crippen LogP contribution is 2.18. The zero-order chi connectivity index (χ0) is 16.8. The van der Waals surface area contributed by atoms with Gasteiger partial charge in [0.1, 0.15) is 17.6 Å². The number of aromatic nitrogens is 2. The van der Waals surface area contributed by atoms with Crippen molar-refractivity contribution in [2.24, 2.45) is 7.05 Å². The van der Waals surface area contributed by atoms with Gasteiger partial charge in [-0.1, -0.05) is 6.92 Å². The number of carbonyl (C=O) groups excluding carboxylic acids is 1. The number of hydrogen-bond donors (Lipinski definition) is 1. The van der Waals surface area contributed by atoms with Gasteiger partial charge in [0, 0.05) is 7.05 Å². The Morgan fingerprint density at radius 2 is 1.96 bits per heavy atom. The van der Waals surface area contributed by atoms with Crippen LogP contribution in [0.5, 0.6) is 11.5 Å². The number of methoxy groups -OCH3 is 1. The fourth-order valence-corrected chi connectivity index (χ4v) is 2.33. The second-order valence-corrected chi connectivity index (χ2v) is 5.30. The Morgan fingerprint density at radius 1 is 1.30 bits per heavy atom. The number of aryl methyl sites for hydroxylation is 1. The second-order valence-electron chi connectivity index (χ2n) is 5.30. The van der Waals surface area contributed by atoms with Crippen LogP contribution < -0.4 is 14.8 Å². The number of rotatable bonds is 7. The summed E-state index contributed by atoms with van der Waals surface area (Å²) in [5.74, 6) is 1.39. The number of nitrogens with zero attached hydrogens (tertiary/aromatic N) is 2. The van der Waals surface area contributed by atoms with Crippen LogP contribution >= 0.6 is 0 Å². The highest BCUT2D eigenvalue weighted by molar-refractivity contribution is 5.95. The summed E-state index contributed by atoms with van der Waals surface area (Å²) >= 11 is 0. The summed E-state index contributed by atoms with van der Waals surface area (Å²) in [6, 6.07) is 7.36. The summed E-state index contributed by atoms with van der Waals surface area (Å²) in [4.78, 5) is 12.2. The third-order valence-corrected chi connectivity index (χ3v) is 3.59. The maximum absolute atomic E-state index is 12.2. The number of ether oxygens (including phenoxy) is 2. The lowest BCUT2D eigenvalue weighted by Crippen LogP contribution is -2.33. The lowest BCUT2D eigenvalue weighted by Gasteiger charge is -2.15. The molecule has 6 nitrogen and oxygen atoms in total. The van der Waals surface area contributed by atoms with E-state index in [0.29, 0.717) is 12.1 Å². The molecule has 0 aliphatic heterocycles. The molecule has 1 amide bonds. The first-order chi connectivity index (χ1) is 11.0. The minimum absolute atomic E-state index is 0.125. The van der Waals surface area contributed by atoms with Crippen molar-refractivity contribution in [3.63, 3.8) is 0 Å². The maximum Gasteiger partial charge on any atom is 0.254 e. The van der Waals surface area contributed by atoms with Gasteiger partial charge in [0.25, 0.3) is 5.91 Å². The van der Waals surface area contributed by atoms with Gasteiger partial charge in [0.15, 0.2) is 0 Å². The first kappa shape index (κ1) is 16.9. The van der Waals surface area contributed by atoms with Gasteiger partial charge in [0.2, 0.25) is 0 Å². The fraction of sp³-hybridized carbons (Fsp3) is 0.412. The first-order valence-electron chi connectivity index (χ1n) is 7.65. The van der Waals surface area contributed by atoms with Crippen molar-refractivity contribution in [2.75, 3.05) is 13.7 Å². The van der Waals surface area contributed by atoms with E-state index in [-0.39, 0.29) is 12.0 Å². The third kappa shape index (κ3) is 4.25. The minimum Gasteiger partial charge on any atom is -0.497 e. The number of benzene rings is 1. The van der Waals surface area contributed by atoms with Crippen LogP contribution in [0.1, 0.15) is 29.9 Å². The van der Waals surface area contributed by atoms with Crippen molar-refractivity contribution >= 4 is 5.91 Å². The SMILES string of the molecule is CCc1c(C(=O)NC[C@@H](C)Oc2ccc(OC)cc2)cnn1C. The number of amides is 1. The molecule has 2 aromatic rings. The molecule has 0 bridgehead atoms. The maximum atomic E-state index is 12.2. The Morgan fingerprint density at radius 3 is 2.57 bits per heavy atom. The third-order valence-electron chi connectivity index (χ3n) is 3.59. The Labute approximate surface area is 136 Å². The standard InChI is InChI=1S/C17H23N3O3/c1-5-16-15(11-19-20(16)3)17(21)18-10-12(2)23-14-8-6-13(22-4)7-9-14/h6-9,11-12H,5,10H2,1-4H3,(H,18,21)/t12-/m1/s1. The smallest absolute Gasteiger partial charge is 0.254 e. The van der Waals surface area contributed by atoms with E-state index in [2.05, 4.69) is 10.4 Å². The Balaban J connectivity index is 1.87. The topological polar surface area (TPSA) is 65.4 Å². The van der Waals surface area contributed by atoms with E-state index in [9.17, 15) is 4.79 Å². The van der Waals surface area contributed by atoms with E-state index in [4.69, 9.17) is 9.47 Å². The van der Waals surface area contributed by atoms with E-state index in [1.807, 2.05) is 45.2 Å². The molecule has 0 spiro atoms. The largest absolute Gasteiger partial charge is 0.497 e. The van der Waals surface area contributed by atoms with Gasteiger partial charge in [-0.25, -0.2) is 0 Å². The van der Waals surface area contributed by atoms with Gasteiger partial charge >= 0.3 is 0 Å². The molecule has 0 saturated carbocycles. The predicted molar refractivity (Wildman–Crippen MR) is 88.0 cm³/mol. The summed E-state index contributed by atoms with van der Waals surface area (Å²) in [5.41, 5.74) is 1.54. The van der Waals surface area contributed by atoms with Crippen LogP contribution in [-0.2, 0) is 13.5 Å². The Kier molecular flexibility index (Phi) is 5.62. The Hall–Kier alpha value is -2.50. The summed E-state index contributed by atoms with van der Waals surface area (Å²) in [6.07, 6.45) is 2.22. The van der Waals surface area contributed by atoms with Gasteiger partial charge in [-0.3, -0.25) is 9.48 Å². The van der Waals surface area contributed by atoms with E-state index in [1.165, 1.54) is 0 Å². The van der Waals surface area contributed by atoms with E-state index >= 15 is 0 Å². The van der Waals surface area contributed by atoms with Crippen molar-refractivity contribution in [3.8, 4) is 11.5 Å². The molecule has 0 radical (unpaired) electrons. The molecule has 0 aliphatic carbocycles. The molecular weight excluding hydrogens is 294 g/mol. The van der Waals surface area contributed by atoms with Crippen LogP contribution in [0.2, 0.25) is 0 Å². The van der Waals surface area contributed by atoms with E-state index < -0.39 is 0 Å². The van der Waals surface area contributed by atoms with Gasteiger partial charge in [-0.05, 0) is 37.6 Å². The summed E-state index contributed by atoms with van der Waals surface area (Å²) in [5, 5.41) is 7.02. The van der Waals surface area contributed by atoms with Crippen LogP contribution in [0, 0.1) is 0 Å². The van der Waals surface area contributed by atoms with E-state index in [0.717, 1.165) is 23.6 Å².